The fraction of sp³-hybridized carbons (Fsp3) is 0.300. The predicted molar refractivity (Wildman–Crippen MR) is 102 cm³/mol. The molecule has 0 atom stereocenters. The van der Waals surface area contributed by atoms with Crippen molar-refractivity contribution >= 4 is 23.5 Å². The van der Waals surface area contributed by atoms with Gasteiger partial charge in [0.1, 0.15) is 19.0 Å². The maximum Gasteiger partial charge on any atom is 0.387 e. The van der Waals surface area contributed by atoms with E-state index < -0.39 is 25.1 Å². The summed E-state index contributed by atoms with van der Waals surface area (Å²) in [6, 6.07) is 8.71. The standard InChI is InChI=1S/C20H18ClF2NO6/c1-24(10-12-2-4-14(5-3-12)30-20(22)23)17(25)11-29-19(26)13-8-15(21)18-16(9-13)27-6-7-28-18/h2-5,8-9,20H,6-7,10-11H2,1H3. The highest BCUT2D eigenvalue weighted by Gasteiger charge is 2.21. The molecule has 0 N–H and O–H groups in total. The van der Waals surface area contributed by atoms with Crippen molar-refractivity contribution in [1.29, 1.82) is 0 Å². The Morgan fingerprint density at radius 1 is 1.17 bits per heavy atom. The molecule has 1 amide bonds. The molecule has 0 radical (unpaired) electrons. The van der Waals surface area contributed by atoms with E-state index in [0.29, 0.717) is 30.3 Å². The van der Waals surface area contributed by atoms with Crippen molar-refractivity contribution in [2.75, 3.05) is 26.9 Å². The fourth-order valence-electron chi connectivity index (χ4n) is 2.69. The maximum atomic E-state index is 12.3. The lowest BCUT2D eigenvalue weighted by Crippen LogP contribution is -2.30. The van der Waals surface area contributed by atoms with Crippen molar-refractivity contribution in [2.24, 2.45) is 0 Å². The van der Waals surface area contributed by atoms with E-state index in [1.54, 1.807) is 12.1 Å². The third-order valence-corrected chi connectivity index (χ3v) is 4.43. The molecule has 0 spiro atoms. The molecular weight excluding hydrogens is 424 g/mol. The first kappa shape index (κ1) is 21.6. The van der Waals surface area contributed by atoms with Crippen molar-refractivity contribution in [3.63, 3.8) is 0 Å². The lowest BCUT2D eigenvalue weighted by Gasteiger charge is -2.20. The van der Waals surface area contributed by atoms with E-state index in [2.05, 4.69) is 4.74 Å². The van der Waals surface area contributed by atoms with Crippen LogP contribution in [0.15, 0.2) is 36.4 Å². The second-order valence-electron chi connectivity index (χ2n) is 6.33. The molecule has 0 aliphatic carbocycles. The third-order valence-electron chi connectivity index (χ3n) is 4.15. The fourth-order valence-corrected chi connectivity index (χ4v) is 2.95. The largest absolute Gasteiger partial charge is 0.486 e. The number of hydrogen-bond donors (Lipinski definition) is 0. The summed E-state index contributed by atoms with van der Waals surface area (Å²) >= 11 is 6.10. The Bertz CT molecular complexity index is 922. The lowest BCUT2D eigenvalue weighted by atomic mass is 10.2. The summed E-state index contributed by atoms with van der Waals surface area (Å²) in [5, 5.41) is 0.210. The molecule has 0 saturated heterocycles. The van der Waals surface area contributed by atoms with Crippen LogP contribution in [0.5, 0.6) is 17.2 Å². The normalized spacial score (nSPS) is 12.4. The minimum absolute atomic E-state index is 0.0229. The monoisotopic (exact) mass is 441 g/mol. The molecule has 0 fully saturated rings. The number of benzene rings is 2. The number of likely N-dealkylation sites (N-methyl/N-ethyl adjacent to an activating group) is 1. The van der Waals surface area contributed by atoms with Gasteiger partial charge in [-0.2, -0.15) is 8.78 Å². The van der Waals surface area contributed by atoms with Gasteiger partial charge in [0.25, 0.3) is 5.91 Å². The molecule has 2 aromatic carbocycles. The highest BCUT2D eigenvalue weighted by atomic mass is 35.5. The van der Waals surface area contributed by atoms with Gasteiger partial charge in [0.2, 0.25) is 0 Å². The van der Waals surface area contributed by atoms with E-state index in [9.17, 15) is 18.4 Å². The van der Waals surface area contributed by atoms with Gasteiger partial charge >= 0.3 is 12.6 Å². The molecule has 0 aromatic heterocycles. The van der Waals surface area contributed by atoms with Gasteiger partial charge in [-0.25, -0.2) is 4.79 Å². The van der Waals surface area contributed by atoms with E-state index in [-0.39, 0.29) is 22.9 Å². The van der Waals surface area contributed by atoms with Crippen molar-refractivity contribution in [3.8, 4) is 17.2 Å². The summed E-state index contributed by atoms with van der Waals surface area (Å²) in [5.74, 6) is -0.456. The van der Waals surface area contributed by atoms with Crippen LogP contribution in [0.1, 0.15) is 15.9 Å². The van der Waals surface area contributed by atoms with Crippen molar-refractivity contribution in [2.45, 2.75) is 13.2 Å². The molecule has 3 rings (SSSR count). The van der Waals surface area contributed by atoms with Crippen LogP contribution in [0.3, 0.4) is 0 Å². The maximum absolute atomic E-state index is 12.3. The zero-order valence-corrected chi connectivity index (χ0v) is 16.7. The summed E-state index contributed by atoms with van der Waals surface area (Å²) in [6.45, 7) is -2.49. The molecule has 1 aliphatic heterocycles. The Labute approximate surface area is 176 Å². The van der Waals surface area contributed by atoms with Gasteiger partial charge in [-0.05, 0) is 29.8 Å². The number of ether oxygens (including phenoxy) is 4. The molecule has 10 heteroatoms. The molecular formula is C20H18ClF2NO6. The van der Waals surface area contributed by atoms with Crippen LogP contribution in [-0.2, 0) is 16.1 Å². The number of halogens is 3. The van der Waals surface area contributed by atoms with Crippen LogP contribution in [0.2, 0.25) is 5.02 Å². The first-order valence-corrected chi connectivity index (χ1v) is 9.25. The quantitative estimate of drug-likeness (QED) is 0.612. The van der Waals surface area contributed by atoms with Gasteiger partial charge in [0.15, 0.2) is 18.1 Å². The number of carbonyl (C=O) groups is 2. The van der Waals surface area contributed by atoms with Gasteiger partial charge < -0.3 is 23.8 Å². The van der Waals surface area contributed by atoms with Crippen LogP contribution in [-0.4, -0.2) is 50.3 Å². The van der Waals surface area contributed by atoms with Crippen LogP contribution in [0.25, 0.3) is 0 Å². The zero-order chi connectivity index (χ0) is 21.7. The van der Waals surface area contributed by atoms with Crippen LogP contribution < -0.4 is 14.2 Å². The van der Waals surface area contributed by atoms with Gasteiger partial charge in [-0.3, -0.25) is 4.79 Å². The van der Waals surface area contributed by atoms with E-state index in [1.807, 2.05) is 0 Å². The van der Waals surface area contributed by atoms with Gasteiger partial charge in [-0.1, -0.05) is 23.7 Å². The third kappa shape index (κ3) is 5.50. The first-order valence-electron chi connectivity index (χ1n) is 8.87. The molecule has 1 aliphatic rings. The lowest BCUT2D eigenvalue weighted by molar-refractivity contribution is -0.133. The highest BCUT2D eigenvalue weighted by Crippen LogP contribution is 2.38. The molecule has 1 heterocycles. The van der Waals surface area contributed by atoms with E-state index in [0.717, 1.165) is 0 Å². The van der Waals surface area contributed by atoms with Gasteiger partial charge in [-0.15, -0.1) is 0 Å². The number of esters is 1. The topological polar surface area (TPSA) is 74.3 Å². The number of amides is 1. The molecule has 160 valence electrons. The molecule has 30 heavy (non-hydrogen) atoms. The molecule has 0 unspecified atom stereocenters. The molecule has 7 nitrogen and oxygen atoms in total. The number of carbonyl (C=O) groups excluding carboxylic acids is 2. The minimum Gasteiger partial charge on any atom is -0.486 e. The van der Waals surface area contributed by atoms with E-state index >= 15 is 0 Å². The average Bonchev–Trinajstić information content (AvgIpc) is 2.72. The summed E-state index contributed by atoms with van der Waals surface area (Å²) in [4.78, 5) is 25.9. The number of alkyl halides is 2. The Morgan fingerprint density at radius 3 is 2.57 bits per heavy atom. The second-order valence-corrected chi connectivity index (χ2v) is 6.74. The number of fused-ring (bicyclic) bond motifs is 1. The number of nitrogens with zero attached hydrogens (tertiary/aromatic N) is 1. The van der Waals surface area contributed by atoms with Crippen LogP contribution in [0, 0.1) is 0 Å². The molecule has 2 aromatic rings. The first-order chi connectivity index (χ1) is 14.3. The number of hydrogen-bond acceptors (Lipinski definition) is 6. The van der Waals surface area contributed by atoms with Crippen molar-refractivity contribution in [3.05, 3.63) is 52.5 Å². The summed E-state index contributed by atoms with van der Waals surface area (Å²) in [6.07, 6.45) is 0. The molecule has 0 bridgehead atoms. The summed E-state index contributed by atoms with van der Waals surface area (Å²) < 4.78 is 44.5. The second kappa shape index (κ2) is 9.62. The van der Waals surface area contributed by atoms with Gasteiger partial charge in [0, 0.05) is 13.6 Å². The Kier molecular flexibility index (Phi) is 6.94. The predicted octanol–water partition coefficient (Wildman–Crippen LogP) is 3.53. The zero-order valence-electron chi connectivity index (χ0n) is 15.9. The highest BCUT2D eigenvalue weighted by molar-refractivity contribution is 6.32. The average molecular weight is 442 g/mol. The van der Waals surface area contributed by atoms with E-state index in [1.165, 1.54) is 36.2 Å². The summed E-state index contributed by atoms with van der Waals surface area (Å²) in [7, 11) is 1.53. The van der Waals surface area contributed by atoms with Crippen LogP contribution >= 0.6 is 11.6 Å². The summed E-state index contributed by atoms with van der Waals surface area (Å²) in [5.41, 5.74) is 0.826. The Hall–Kier alpha value is -3.07. The van der Waals surface area contributed by atoms with Crippen molar-refractivity contribution in [1.82, 2.24) is 4.90 Å². The smallest absolute Gasteiger partial charge is 0.387 e. The number of rotatable bonds is 7. The van der Waals surface area contributed by atoms with Crippen molar-refractivity contribution < 1.29 is 37.3 Å². The Balaban J connectivity index is 1.53. The minimum atomic E-state index is -2.90. The van der Waals surface area contributed by atoms with Gasteiger partial charge in [0.05, 0.1) is 10.6 Å². The SMILES string of the molecule is CN(Cc1ccc(OC(F)F)cc1)C(=O)COC(=O)c1cc(Cl)c2c(c1)OCCO2. The van der Waals surface area contributed by atoms with Crippen LogP contribution in [0.4, 0.5) is 8.78 Å². The van der Waals surface area contributed by atoms with E-state index in [4.69, 9.17) is 25.8 Å². The Morgan fingerprint density at radius 2 is 1.87 bits per heavy atom. The molecule has 0 saturated carbocycles.